The predicted octanol–water partition coefficient (Wildman–Crippen LogP) is 4.01. The lowest BCUT2D eigenvalue weighted by atomic mass is 10.0. The Morgan fingerprint density at radius 1 is 1.19 bits per heavy atom. The molecular weight excluding hydrogens is 349 g/mol. The number of nitrogens with zero attached hydrogens (tertiary/aromatic N) is 2. The van der Waals surface area contributed by atoms with E-state index < -0.39 is 17.8 Å². The van der Waals surface area contributed by atoms with E-state index >= 15 is 0 Å². The van der Waals surface area contributed by atoms with Crippen LogP contribution in [0.25, 0.3) is 11.4 Å². The fourth-order valence-electron chi connectivity index (χ4n) is 2.59. The Hall–Kier alpha value is -3.22. The zero-order chi connectivity index (χ0) is 19.4. The first-order valence-corrected chi connectivity index (χ1v) is 8.52. The number of carbonyl (C=O) groups excluding carboxylic acids is 1. The van der Waals surface area contributed by atoms with Crippen LogP contribution in [0.2, 0.25) is 0 Å². The van der Waals surface area contributed by atoms with Gasteiger partial charge in [0.05, 0.1) is 7.11 Å². The molecule has 0 radical (unpaired) electrons. The summed E-state index contributed by atoms with van der Waals surface area (Å²) in [6.07, 6.45) is 0. The van der Waals surface area contributed by atoms with Crippen LogP contribution in [-0.2, 0) is 0 Å². The summed E-state index contributed by atoms with van der Waals surface area (Å²) in [5, 5.41) is 6.84. The Labute approximate surface area is 156 Å². The quantitative estimate of drug-likeness (QED) is 0.710. The molecule has 1 heterocycles. The van der Waals surface area contributed by atoms with Gasteiger partial charge in [-0.25, -0.2) is 4.39 Å². The SMILES string of the molecule is COc1ccc(-c2noc([C@H](NC(=O)c3cccc(F)c3)C(C)C)n2)cc1. The highest BCUT2D eigenvalue weighted by molar-refractivity contribution is 5.94. The molecule has 3 rings (SSSR count). The van der Waals surface area contributed by atoms with Crippen molar-refractivity contribution in [1.82, 2.24) is 15.5 Å². The lowest BCUT2D eigenvalue weighted by Gasteiger charge is -2.18. The molecule has 0 fully saturated rings. The Bertz CT molecular complexity index is 922. The highest BCUT2D eigenvalue weighted by Gasteiger charge is 2.25. The molecule has 0 bridgehead atoms. The Morgan fingerprint density at radius 3 is 2.56 bits per heavy atom. The molecule has 1 atom stereocenters. The van der Waals surface area contributed by atoms with Crippen LogP contribution in [0.4, 0.5) is 4.39 Å². The molecule has 0 aliphatic rings. The van der Waals surface area contributed by atoms with E-state index in [1.165, 1.54) is 18.2 Å². The topological polar surface area (TPSA) is 77.3 Å². The highest BCUT2D eigenvalue weighted by Crippen LogP contribution is 2.25. The number of nitrogens with one attached hydrogen (secondary N) is 1. The lowest BCUT2D eigenvalue weighted by molar-refractivity contribution is 0.0913. The van der Waals surface area contributed by atoms with Gasteiger partial charge >= 0.3 is 0 Å². The minimum absolute atomic E-state index is 0.00771. The van der Waals surface area contributed by atoms with Crippen molar-refractivity contribution in [2.45, 2.75) is 19.9 Å². The average molecular weight is 369 g/mol. The first kappa shape index (κ1) is 18.6. The van der Waals surface area contributed by atoms with Crippen molar-refractivity contribution in [3.05, 3.63) is 65.8 Å². The standard InChI is InChI=1S/C20H20FN3O3/c1-12(2)17(22-19(25)14-5-4-6-15(21)11-14)20-23-18(24-27-20)13-7-9-16(26-3)10-8-13/h4-12,17H,1-3H3,(H,22,25)/t17-/m1/s1. The number of aromatic nitrogens is 2. The predicted molar refractivity (Wildman–Crippen MR) is 97.7 cm³/mol. The maximum absolute atomic E-state index is 13.4. The molecule has 1 aromatic heterocycles. The van der Waals surface area contributed by atoms with Crippen molar-refractivity contribution in [2.24, 2.45) is 5.92 Å². The Balaban J connectivity index is 1.81. The highest BCUT2D eigenvalue weighted by atomic mass is 19.1. The average Bonchev–Trinajstić information content (AvgIpc) is 3.15. The zero-order valence-corrected chi connectivity index (χ0v) is 15.3. The Morgan fingerprint density at radius 2 is 1.93 bits per heavy atom. The van der Waals surface area contributed by atoms with Crippen molar-refractivity contribution in [2.75, 3.05) is 7.11 Å². The lowest BCUT2D eigenvalue weighted by Crippen LogP contribution is -2.32. The van der Waals surface area contributed by atoms with Gasteiger partial charge in [0.1, 0.15) is 17.6 Å². The third-order valence-corrected chi connectivity index (χ3v) is 4.10. The number of halogens is 1. The van der Waals surface area contributed by atoms with Crippen molar-refractivity contribution in [3.8, 4) is 17.1 Å². The van der Waals surface area contributed by atoms with E-state index in [9.17, 15) is 9.18 Å². The van der Waals surface area contributed by atoms with Gasteiger partial charge in [-0.3, -0.25) is 4.79 Å². The van der Waals surface area contributed by atoms with Crippen LogP contribution >= 0.6 is 0 Å². The molecule has 2 aromatic carbocycles. The van der Waals surface area contributed by atoms with Gasteiger partial charge in [-0.1, -0.05) is 25.1 Å². The minimum Gasteiger partial charge on any atom is -0.497 e. The van der Waals surface area contributed by atoms with Crippen molar-refractivity contribution >= 4 is 5.91 Å². The summed E-state index contributed by atoms with van der Waals surface area (Å²) in [7, 11) is 1.59. The summed E-state index contributed by atoms with van der Waals surface area (Å²) < 4.78 is 23.9. The van der Waals surface area contributed by atoms with Crippen LogP contribution in [-0.4, -0.2) is 23.2 Å². The van der Waals surface area contributed by atoms with E-state index in [4.69, 9.17) is 9.26 Å². The molecule has 6 nitrogen and oxygen atoms in total. The van der Waals surface area contributed by atoms with E-state index in [0.717, 1.165) is 11.3 Å². The van der Waals surface area contributed by atoms with Crippen LogP contribution in [0.5, 0.6) is 5.75 Å². The number of hydrogen-bond acceptors (Lipinski definition) is 5. The summed E-state index contributed by atoms with van der Waals surface area (Å²) in [4.78, 5) is 16.9. The second-order valence-electron chi connectivity index (χ2n) is 6.39. The summed E-state index contributed by atoms with van der Waals surface area (Å²) in [5.74, 6) is 0.552. The van der Waals surface area contributed by atoms with E-state index in [1.54, 1.807) is 25.3 Å². The van der Waals surface area contributed by atoms with E-state index in [-0.39, 0.29) is 11.5 Å². The smallest absolute Gasteiger partial charge is 0.252 e. The van der Waals surface area contributed by atoms with E-state index in [0.29, 0.717) is 11.7 Å². The van der Waals surface area contributed by atoms with Crippen molar-refractivity contribution < 1.29 is 18.4 Å². The maximum Gasteiger partial charge on any atom is 0.252 e. The molecule has 0 aliphatic carbocycles. The molecule has 0 unspecified atom stereocenters. The molecule has 0 saturated heterocycles. The molecule has 0 saturated carbocycles. The third kappa shape index (κ3) is 4.31. The molecule has 7 heteroatoms. The molecule has 1 N–H and O–H groups in total. The van der Waals surface area contributed by atoms with E-state index in [1.807, 2.05) is 26.0 Å². The zero-order valence-electron chi connectivity index (χ0n) is 15.3. The second-order valence-corrected chi connectivity index (χ2v) is 6.39. The van der Waals surface area contributed by atoms with Gasteiger partial charge in [0.15, 0.2) is 0 Å². The van der Waals surface area contributed by atoms with Crippen LogP contribution in [0, 0.1) is 11.7 Å². The van der Waals surface area contributed by atoms with Crippen LogP contribution in [0.1, 0.15) is 36.1 Å². The van der Waals surface area contributed by atoms with Gasteiger partial charge in [0.25, 0.3) is 5.91 Å². The molecule has 0 aliphatic heterocycles. The van der Waals surface area contributed by atoms with Crippen molar-refractivity contribution in [3.63, 3.8) is 0 Å². The maximum atomic E-state index is 13.4. The van der Waals surface area contributed by atoms with Gasteiger partial charge in [0.2, 0.25) is 11.7 Å². The van der Waals surface area contributed by atoms with E-state index in [2.05, 4.69) is 15.5 Å². The van der Waals surface area contributed by atoms with Crippen LogP contribution < -0.4 is 10.1 Å². The summed E-state index contributed by atoms with van der Waals surface area (Å²) >= 11 is 0. The first-order valence-electron chi connectivity index (χ1n) is 8.52. The number of methoxy groups -OCH3 is 1. The summed E-state index contributed by atoms with van der Waals surface area (Å²) in [5.41, 5.74) is 1.00. The van der Waals surface area contributed by atoms with Gasteiger partial charge in [-0.05, 0) is 48.4 Å². The molecule has 1 amide bonds. The van der Waals surface area contributed by atoms with Crippen LogP contribution in [0.15, 0.2) is 53.1 Å². The number of rotatable bonds is 6. The number of hydrogen-bond donors (Lipinski definition) is 1. The molecule has 140 valence electrons. The molecule has 3 aromatic rings. The molecular formula is C20H20FN3O3. The second kappa shape index (κ2) is 7.99. The van der Waals surface area contributed by atoms with Gasteiger partial charge in [-0.15, -0.1) is 0 Å². The fourth-order valence-corrected chi connectivity index (χ4v) is 2.59. The van der Waals surface area contributed by atoms with Gasteiger partial charge < -0.3 is 14.6 Å². The Kier molecular flexibility index (Phi) is 5.49. The monoisotopic (exact) mass is 369 g/mol. The molecule has 27 heavy (non-hydrogen) atoms. The number of carbonyl (C=O) groups is 1. The largest absolute Gasteiger partial charge is 0.497 e. The summed E-state index contributed by atoms with van der Waals surface area (Å²) in [6, 6.07) is 12.3. The fraction of sp³-hybridized carbons (Fsp3) is 0.250. The summed E-state index contributed by atoms with van der Waals surface area (Å²) in [6.45, 7) is 3.85. The van der Waals surface area contributed by atoms with Gasteiger partial charge in [-0.2, -0.15) is 4.98 Å². The number of ether oxygens (including phenoxy) is 1. The third-order valence-electron chi connectivity index (χ3n) is 4.10. The number of amides is 1. The normalized spacial score (nSPS) is 12.0. The van der Waals surface area contributed by atoms with Crippen molar-refractivity contribution in [1.29, 1.82) is 0 Å². The first-order chi connectivity index (χ1) is 13.0. The van der Waals surface area contributed by atoms with Gasteiger partial charge in [0, 0.05) is 11.1 Å². The van der Waals surface area contributed by atoms with Crippen LogP contribution in [0.3, 0.4) is 0 Å². The number of benzene rings is 2. The minimum atomic E-state index is -0.500. The molecule has 0 spiro atoms.